The number of aromatic nitrogens is 2. The predicted octanol–water partition coefficient (Wildman–Crippen LogP) is 2.70. The van der Waals surface area contributed by atoms with E-state index >= 15 is 0 Å². The van der Waals surface area contributed by atoms with E-state index in [4.69, 9.17) is 11.6 Å². The Morgan fingerprint density at radius 2 is 2.14 bits per heavy atom. The summed E-state index contributed by atoms with van der Waals surface area (Å²) in [5, 5.41) is 14.4. The summed E-state index contributed by atoms with van der Waals surface area (Å²) in [5.41, 5.74) is 1.43. The third-order valence-electron chi connectivity index (χ3n) is 2.91. The lowest BCUT2D eigenvalue weighted by Crippen LogP contribution is -2.24. The highest BCUT2D eigenvalue weighted by molar-refractivity contribution is 6.30. The molecule has 0 radical (unpaired) electrons. The molecule has 1 heterocycles. The second-order valence-corrected chi connectivity index (χ2v) is 5.05. The molecule has 2 rings (SSSR count). The summed E-state index contributed by atoms with van der Waals surface area (Å²) in [6.07, 6.45) is 2.43. The van der Waals surface area contributed by atoms with Crippen LogP contribution in [-0.4, -0.2) is 29.2 Å². The van der Waals surface area contributed by atoms with Gasteiger partial charge in [-0.1, -0.05) is 29.8 Å². The maximum absolute atomic E-state index is 11.7. The van der Waals surface area contributed by atoms with E-state index in [1.165, 1.54) is 0 Å². The third kappa shape index (κ3) is 4.86. The van der Waals surface area contributed by atoms with Gasteiger partial charge in [-0.2, -0.15) is 0 Å². The molecule has 1 amide bonds. The monoisotopic (exact) mass is 316 g/mol. The van der Waals surface area contributed by atoms with Crippen molar-refractivity contribution >= 4 is 23.3 Å². The van der Waals surface area contributed by atoms with Crippen molar-refractivity contribution in [2.45, 2.75) is 6.42 Å². The minimum Gasteiger partial charge on any atom is -0.368 e. The van der Waals surface area contributed by atoms with E-state index in [0.717, 1.165) is 17.0 Å². The number of rotatable bonds is 7. The zero-order valence-electron chi connectivity index (χ0n) is 12.1. The van der Waals surface area contributed by atoms with Crippen molar-refractivity contribution in [3.63, 3.8) is 0 Å². The van der Waals surface area contributed by atoms with Gasteiger partial charge in [-0.15, -0.1) is 16.8 Å². The smallest absolute Gasteiger partial charge is 0.272 e. The zero-order valence-corrected chi connectivity index (χ0v) is 12.8. The van der Waals surface area contributed by atoms with Gasteiger partial charge in [0.1, 0.15) is 5.82 Å². The van der Waals surface area contributed by atoms with Gasteiger partial charge in [0, 0.05) is 18.1 Å². The molecule has 0 saturated heterocycles. The molecule has 0 fully saturated rings. The molecular formula is C16H17ClN4O. The van der Waals surface area contributed by atoms with Gasteiger partial charge >= 0.3 is 0 Å². The molecule has 1 aromatic heterocycles. The highest BCUT2D eigenvalue weighted by atomic mass is 35.5. The number of amides is 1. The molecule has 114 valence electrons. The van der Waals surface area contributed by atoms with Crippen LogP contribution in [0.25, 0.3) is 0 Å². The maximum atomic E-state index is 11.7. The zero-order chi connectivity index (χ0) is 15.8. The number of benzene rings is 1. The minimum absolute atomic E-state index is 0.266. The van der Waals surface area contributed by atoms with Gasteiger partial charge in [0.15, 0.2) is 5.69 Å². The Morgan fingerprint density at radius 3 is 2.82 bits per heavy atom. The van der Waals surface area contributed by atoms with Gasteiger partial charge in [-0.3, -0.25) is 4.79 Å². The fourth-order valence-corrected chi connectivity index (χ4v) is 2.04. The van der Waals surface area contributed by atoms with Gasteiger partial charge in [-0.05, 0) is 36.2 Å². The van der Waals surface area contributed by atoms with Crippen molar-refractivity contribution in [2.75, 3.05) is 18.4 Å². The SMILES string of the molecule is C=CCNC(=O)c1ccc(NCCc2cccc(Cl)c2)nn1. The predicted molar refractivity (Wildman–Crippen MR) is 88.2 cm³/mol. The molecule has 0 aliphatic rings. The van der Waals surface area contributed by atoms with Gasteiger partial charge < -0.3 is 10.6 Å². The standard InChI is InChI=1S/C16H17ClN4O/c1-2-9-19-16(22)14-6-7-15(21-20-14)18-10-8-12-4-3-5-13(17)11-12/h2-7,11H,1,8-10H2,(H,18,21)(H,19,22). The first-order valence-corrected chi connectivity index (χ1v) is 7.28. The molecular weight excluding hydrogens is 300 g/mol. The lowest BCUT2D eigenvalue weighted by Gasteiger charge is -2.06. The molecule has 22 heavy (non-hydrogen) atoms. The first-order chi connectivity index (χ1) is 10.7. The second-order valence-electron chi connectivity index (χ2n) is 4.61. The molecule has 0 aliphatic carbocycles. The number of hydrogen-bond donors (Lipinski definition) is 2. The Hall–Kier alpha value is -2.40. The van der Waals surface area contributed by atoms with Crippen molar-refractivity contribution in [3.05, 3.63) is 65.3 Å². The van der Waals surface area contributed by atoms with Crippen molar-refractivity contribution in [2.24, 2.45) is 0 Å². The molecule has 6 heteroatoms. The van der Waals surface area contributed by atoms with E-state index < -0.39 is 0 Å². The van der Waals surface area contributed by atoms with Crippen molar-refractivity contribution in [3.8, 4) is 0 Å². The van der Waals surface area contributed by atoms with Crippen LogP contribution >= 0.6 is 11.6 Å². The van der Waals surface area contributed by atoms with Gasteiger partial charge in [0.2, 0.25) is 0 Å². The molecule has 0 saturated carbocycles. The lowest BCUT2D eigenvalue weighted by atomic mass is 10.1. The summed E-state index contributed by atoms with van der Waals surface area (Å²) in [4.78, 5) is 11.7. The quantitative estimate of drug-likeness (QED) is 0.771. The first kappa shape index (κ1) is 16.0. The molecule has 0 atom stereocenters. The Morgan fingerprint density at radius 1 is 1.27 bits per heavy atom. The summed E-state index contributed by atoms with van der Waals surface area (Å²) in [5.74, 6) is 0.361. The second kappa shape index (κ2) is 8.14. The molecule has 5 nitrogen and oxygen atoms in total. The summed E-state index contributed by atoms with van der Waals surface area (Å²) in [6, 6.07) is 11.1. The molecule has 0 aliphatic heterocycles. The number of carbonyl (C=O) groups is 1. The van der Waals surface area contributed by atoms with Crippen LogP contribution in [-0.2, 0) is 6.42 Å². The molecule has 1 aromatic carbocycles. The largest absolute Gasteiger partial charge is 0.368 e. The van der Waals surface area contributed by atoms with E-state index in [-0.39, 0.29) is 11.6 Å². The van der Waals surface area contributed by atoms with Crippen LogP contribution < -0.4 is 10.6 Å². The van der Waals surface area contributed by atoms with Crippen molar-refractivity contribution < 1.29 is 4.79 Å². The fraction of sp³-hybridized carbons (Fsp3) is 0.188. The van der Waals surface area contributed by atoms with Crippen LogP contribution in [0.1, 0.15) is 16.1 Å². The third-order valence-corrected chi connectivity index (χ3v) is 3.15. The number of carbonyl (C=O) groups excluding carboxylic acids is 1. The first-order valence-electron chi connectivity index (χ1n) is 6.90. The topological polar surface area (TPSA) is 66.9 Å². The van der Waals surface area contributed by atoms with E-state index in [0.29, 0.717) is 18.9 Å². The Kier molecular flexibility index (Phi) is 5.91. The van der Waals surface area contributed by atoms with E-state index in [1.54, 1.807) is 18.2 Å². The van der Waals surface area contributed by atoms with Crippen LogP contribution in [0.3, 0.4) is 0 Å². The van der Waals surface area contributed by atoms with E-state index in [2.05, 4.69) is 27.4 Å². The van der Waals surface area contributed by atoms with Gasteiger partial charge in [0.05, 0.1) is 0 Å². The average molecular weight is 317 g/mol. The van der Waals surface area contributed by atoms with Gasteiger partial charge in [0.25, 0.3) is 5.91 Å². The summed E-state index contributed by atoms with van der Waals surface area (Å²) < 4.78 is 0. The number of nitrogens with zero attached hydrogens (tertiary/aromatic N) is 2. The summed E-state index contributed by atoms with van der Waals surface area (Å²) in [6.45, 7) is 4.64. The Bertz CT molecular complexity index is 643. The molecule has 0 bridgehead atoms. The Labute approximate surface area is 134 Å². The molecule has 2 N–H and O–H groups in total. The fourth-order valence-electron chi connectivity index (χ4n) is 1.83. The lowest BCUT2D eigenvalue weighted by molar-refractivity contribution is 0.0952. The molecule has 0 spiro atoms. The maximum Gasteiger partial charge on any atom is 0.272 e. The summed E-state index contributed by atoms with van der Waals surface area (Å²) in [7, 11) is 0. The van der Waals surface area contributed by atoms with Crippen LogP contribution in [0.4, 0.5) is 5.82 Å². The van der Waals surface area contributed by atoms with Crippen LogP contribution in [0.5, 0.6) is 0 Å². The van der Waals surface area contributed by atoms with Crippen LogP contribution in [0, 0.1) is 0 Å². The van der Waals surface area contributed by atoms with Crippen molar-refractivity contribution in [1.29, 1.82) is 0 Å². The van der Waals surface area contributed by atoms with Crippen LogP contribution in [0.15, 0.2) is 49.1 Å². The van der Waals surface area contributed by atoms with E-state index in [9.17, 15) is 4.79 Å². The molecule has 2 aromatic rings. The highest BCUT2D eigenvalue weighted by Gasteiger charge is 2.06. The van der Waals surface area contributed by atoms with Gasteiger partial charge in [-0.25, -0.2) is 0 Å². The average Bonchev–Trinajstić information content (AvgIpc) is 2.53. The van der Waals surface area contributed by atoms with Crippen LogP contribution in [0.2, 0.25) is 5.02 Å². The number of hydrogen-bond acceptors (Lipinski definition) is 4. The normalized spacial score (nSPS) is 10.0. The highest BCUT2D eigenvalue weighted by Crippen LogP contribution is 2.11. The molecule has 0 unspecified atom stereocenters. The number of halogens is 1. The summed E-state index contributed by atoms with van der Waals surface area (Å²) >= 11 is 5.94. The Balaban J connectivity index is 1.83. The number of anilines is 1. The van der Waals surface area contributed by atoms with E-state index in [1.807, 2.05) is 24.3 Å². The van der Waals surface area contributed by atoms with Crippen molar-refractivity contribution in [1.82, 2.24) is 15.5 Å². The minimum atomic E-state index is -0.266. The number of nitrogens with one attached hydrogen (secondary N) is 2.